The number of rotatable bonds is 8. The SMILES string of the molecule is COCCC(C)(CNCC(C)C)C(C)C. The van der Waals surface area contributed by atoms with Gasteiger partial charge in [0.15, 0.2) is 0 Å². The van der Waals surface area contributed by atoms with Gasteiger partial charge in [-0.05, 0) is 30.2 Å². The molecule has 0 spiro atoms. The fourth-order valence-electron chi connectivity index (χ4n) is 1.56. The molecule has 1 unspecified atom stereocenters. The van der Waals surface area contributed by atoms with Gasteiger partial charge in [0.1, 0.15) is 0 Å². The molecule has 0 saturated heterocycles. The third kappa shape index (κ3) is 6.16. The van der Waals surface area contributed by atoms with Crippen molar-refractivity contribution >= 4 is 0 Å². The summed E-state index contributed by atoms with van der Waals surface area (Å²) in [6, 6.07) is 0. The summed E-state index contributed by atoms with van der Waals surface area (Å²) in [5.41, 5.74) is 0.352. The van der Waals surface area contributed by atoms with Crippen LogP contribution < -0.4 is 5.32 Å². The maximum atomic E-state index is 5.19. The molecule has 0 fully saturated rings. The van der Waals surface area contributed by atoms with Gasteiger partial charge in [-0.1, -0.05) is 34.6 Å². The van der Waals surface area contributed by atoms with Crippen molar-refractivity contribution in [3.05, 3.63) is 0 Å². The van der Waals surface area contributed by atoms with E-state index in [-0.39, 0.29) is 0 Å². The Bertz CT molecular complexity index is 157. The molecule has 0 rings (SSSR count). The first-order valence-electron chi connectivity index (χ1n) is 6.12. The van der Waals surface area contributed by atoms with Crippen LogP contribution in [-0.2, 0) is 4.74 Å². The Hall–Kier alpha value is -0.0800. The van der Waals surface area contributed by atoms with Crippen LogP contribution in [0.4, 0.5) is 0 Å². The van der Waals surface area contributed by atoms with Crippen LogP contribution in [0.3, 0.4) is 0 Å². The molecule has 0 bridgehead atoms. The first-order chi connectivity index (χ1) is 6.92. The molecule has 0 heterocycles. The highest BCUT2D eigenvalue weighted by Crippen LogP contribution is 2.30. The Labute approximate surface area is 95.8 Å². The number of methoxy groups -OCH3 is 1. The van der Waals surface area contributed by atoms with Crippen molar-refractivity contribution in [1.29, 1.82) is 0 Å². The van der Waals surface area contributed by atoms with E-state index in [0.717, 1.165) is 32.0 Å². The maximum absolute atomic E-state index is 5.19. The molecule has 0 aliphatic rings. The van der Waals surface area contributed by atoms with Crippen LogP contribution >= 0.6 is 0 Å². The van der Waals surface area contributed by atoms with Crippen molar-refractivity contribution in [1.82, 2.24) is 5.32 Å². The van der Waals surface area contributed by atoms with Gasteiger partial charge < -0.3 is 10.1 Å². The van der Waals surface area contributed by atoms with Gasteiger partial charge in [0, 0.05) is 20.3 Å². The molecule has 1 atom stereocenters. The molecule has 0 saturated carbocycles. The minimum absolute atomic E-state index is 0.352. The van der Waals surface area contributed by atoms with Crippen LogP contribution in [0.1, 0.15) is 41.0 Å². The van der Waals surface area contributed by atoms with E-state index in [9.17, 15) is 0 Å². The van der Waals surface area contributed by atoms with Gasteiger partial charge in [-0.15, -0.1) is 0 Å². The Balaban J connectivity index is 4.01. The zero-order valence-electron chi connectivity index (χ0n) is 11.4. The molecule has 0 aliphatic heterocycles. The summed E-state index contributed by atoms with van der Waals surface area (Å²) < 4.78 is 5.19. The number of hydrogen-bond acceptors (Lipinski definition) is 2. The minimum atomic E-state index is 0.352. The Morgan fingerprint density at radius 3 is 2.20 bits per heavy atom. The highest BCUT2D eigenvalue weighted by Gasteiger charge is 2.27. The highest BCUT2D eigenvalue weighted by atomic mass is 16.5. The summed E-state index contributed by atoms with van der Waals surface area (Å²) in [6.45, 7) is 14.5. The normalized spacial score (nSPS) is 16.0. The number of ether oxygens (including phenoxy) is 1. The van der Waals surface area contributed by atoms with E-state index in [4.69, 9.17) is 4.74 Å². The fourth-order valence-corrected chi connectivity index (χ4v) is 1.56. The zero-order valence-corrected chi connectivity index (χ0v) is 11.4. The van der Waals surface area contributed by atoms with Crippen LogP contribution in [-0.4, -0.2) is 26.8 Å². The lowest BCUT2D eigenvalue weighted by Crippen LogP contribution is -2.38. The molecular weight excluding hydrogens is 186 g/mol. The second-order valence-electron chi connectivity index (χ2n) is 5.58. The maximum Gasteiger partial charge on any atom is 0.0468 e. The quantitative estimate of drug-likeness (QED) is 0.672. The molecule has 2 nitrogen and oxygen atoms in total. The fraction of sp³-hybridized carbons (Fsp3) is 1.00. The van der Waals surface area contributed by atoms with Crippen LogP contribution in [0.5, 0.6) is 0 Å². The van der Waals surface area contributed by atoms with Gasteiger partial charge in [0.2, 0.25) is 0 Å². The van der Waals surface area contributed by atoms with E-state index in [1.807, 2.05) is 0 Å². The largest absolute Gasteiger partial charge is 0.385 e. The topological polar surface area (TPSA) is 21.3 Å². The predicted molar refractivity (Wildman–Crippen MR) is 67.1 cm³/mol. The lowest BCUT2D eigenvalue weighted by Gasteiger charge is -2.34. The molecule has 0 aromatic heterocycles. The van der Waals surface area contributed by atoms with Gasteiger partial charge >= 0.3 is 0 Å². The van der Waals surface area contributed by atoms with E-state index in [2.05, 4.69) is 39.9 Å². The summed E-state index contributed by atoms with van der Waals surface area (Å²) in [5, 5.41) is 3.56. The van der Waals surface area contributed by atoms with Gasteiger partial charge in [0.05, 0.1) is 0 Å². The molecule has 0 radical (unpaired) electrons. The van der Waals surface area contributed by atoms with E-state index >= 15 is 0 Å². The lowest BCUT2D eigenvalue weighted by atomic mass is 9.76. The number of nitrogens with one attached hydrogen (secondary N) is 1. The predicted octanol–water partition coefficient (Wildman–Crippen LogP) is 2.93. The van der Waals surface area contributed by atoms with Crippen LogP contribution in [0.15, 0.2) is 0 Å². The van der Waals surface area contributed by atoms with Crippen molar-refractivity contribution in [2.24, 2.45) is 17.3 Å². The third-order valence-corrected chi connectivity index (χ3v) is 3.35. The van der Waals surface area contributed by atoms with Crippen molar-refractivity contribution in [2.75, 3.05) is 26.8 Å². The van der Waals surface area contributed by atoms with E-state index in [1.165, 1.54) is 0 Å². The second-order valence-corrected chi connectivity index (χ2v) is 5.58. The summed E-state index contributed by atoms with van der Waals surface area (Å²) in [6.07, 6.45) is 1.13. The van der Waals surface area contributed by atoms with Crippen molar-refractivity contribution < 1.29 is 4.74 Å². The van der Waals surface area contributed by atoms with Crippen molar-refractivity contribution in [2.45, 2.75) is 41.0 Å². The molecular formula is C13H29NO. The van der Waals surface area contributed by atoms with Crippen LogP contribution in [0.2, 0.25) is 0 Å². The summed E-state index contributed by atoms with van der Waals surface area (Å²) >= 11 is 0. The molecule has 0 aromatic rings. The Morgan fingerprint density at radius 2 is 1.80 bits per heavy atom. The summed E-state index contributed by atoms with van der Waals surface area (Å²) in [7, 11) is 1.78. The monoisotopic (exact) mass is 215 g/mol. The molecule has 92 valence electrons. The first-order valence-corrected chi connectivity index (χ1v) is 6.12. The molecule has 0 aromatic carbocycles. The average Bonchev–Trinajstić information content (AvgIpc) is 2.14. The highest BCUT2D eigenvalue weighted by molar-refractivity contribution is 4.80. The van der Waals surface area contributed by atoms with E-state index in [1.54, 1.807) is 7.11 Å². The summed E-state index contributed by atoms with van der Waals surface area (Å²) in [5.74, 6) is 1.41. The van der Waals surface area contributed by atoms with Gasteiger partial charge in [0.25, 0.3) is 0 Å². The van der Waals surface area contributed by atoms with Crippen molar-refractivity contribution in [3.63, 3.8) is 0 Å². The van der Waals surface area contributed by atoms with E-state index in [0.29, 0.717) is 11.3 Å². The average molecular weight is 215 g/mol. The third-order valence-electron chi connectivity index (χ3n) is 3.35. The molecule has 0 amide bonds. The zero-order chi connectivity index (χ0) is 11.9. The smallest absolute Gasteiger partial charge is 0.0468 e. The molecule has 0 aliphatic carbocycles. The van der Waals surface area contributed by atoms with Crippen LogP contribution in [0, 0.1) is 17.3 Å². The van der Waals surface area contributed by atoms with Crippen LogP contribution in [0.25, 0.3) is 0 Å². The Morgan fingerprint density at radius 1 is 1.20 bits per heavy atom. The first kappa shape index (κ1) is 14.9. The van der Waals surface area contributed by atoms with Gasteiger partial charge in [-0.3, -0.25) is 0 Å². The van der Waals surface area contributed by atoms with Gasteiger partial charge in [-0.25, -0.2) is 0 Å². The molecule has 15 heavy (non-hydrogen) atoms. The summed E-state index contributed by atoms with van der Waals surface area (Å²) in [4.78, 5) is 0. The standard InChI is InChI=1S/C13H29NO/c1-11(2)9-14-10-13(5,12(3)4)7-8-15-6/h11-12,14H,7-10H2,1-6H3. The van der Waals surface area contributed by atoms with E-state index < -0.39 is 0 Å². The van der Waals surface area contributed by atoms with Gasteiger partial charge in [-0.2, -0.15) is 0 Å². The molecule has 1 N–H and O–H groups in total. The lowest BCUT2D eigenvalue weighted by molar-refractivity contribution is 0.110. The number of hydrogen-bond donors (Lipinski definition) is 1. The molecule has 2 heteroatoms. The van der Waals surface area contributed by atoms with Crippen molar-refractivity contribution in [3.8, 4) is 0 Å². The second kappa shape index (κ2) is 7.24. The Kier molecular flexibility index (Phi) is 7.20. The minimum Gasteiger partial charge on any atom is -0.385 e.